The number of ether oxygens (including phenoxy) is 2. The molecule has 1 unspecified atom stereocenters. The van der Waals surface area contributed by atoms with Crippen LogP contribution in [-0.2, 0) is 23.9 Å². The van der Waals surface area contributed by atoms with Crippen LogP contribution in [0.4, 0.5) is 0 Å². The summed E-state index contributed by atoms with van der Waals surface area (Å²) in [4.78, 5) is 34.4. The largest absolute Gasteiger partial charge is 0.481 e. The van der Waals surface area contributed by atoms with Crippen molar-refractivity contribution >= 4 is 17.9 Å². The van der Waals surface area contributed by atoms with Crippen molar-refractivity contribution in [2.24, 2.45) is 5.92 Å². The van der Waals surface area contributed by atoms with Crippen molar-refractivity contribution in [2.45, 2.75) is 65.6 Å². The molecule has 0 aromatic carbocycles. The van der Waals surface area contributed by atoms with Crippen molar-refractivity contribution in [2.75, 3.05) is 0 Å². The number of hydrogen-bond donors (Lipinski definition) is 1. The van der Waals surface area contributed by atoms with E-state index in [9.17, 15) is 14.4 Å². The van der Waals surface area contributed by atoms with Gasteiger partial charge in [0.25, 0.3) is 0 Å². The van der Waals surface area contributed by atoms with Gasteiger partial charge in [-0.1, -0.05) is 0 Å². The molecule has 0 heterocycles. The summed E-state index contributed by atoms with van der Waals surface area (Å²) in [7, 11) is 0. The van der Waals surface area contributed by atoms with E-state index in [0.29, 0.717) is 0 Å². The summed E-state index contributed by atoms with van der Waals surface area (Å²) in [5.41, 5.74) is -1.42. The van der Waals surface area contributed by atoms with E-state index in [0.717, 1.165) is 0 Å². The van der Waals surface area contributed by atoms with Gasteiger partial charge in [-0.15, -0.1) is 0 Å². The van der Waals surface area contributed by atoms with E-state index in [4.69, 9.17) is 14.6 Å². The first kappa shape index (κ1) is 18.4. The molecule has 1 N–H and O–H groups in total. The van der Waals surface area contributed by atoms with Gasteiger partial charge >= 0.3 is 17.9 Å². The fourth-order valence-electron chi connectivity index (χ4n) is 1.42. The third-order valence-electron chi connectivity index (χ3n) is 1.99. The summed E-state index contributed by atoms with van der Waals surface area (Å²) in [6.07, 6.45) is -0.771. The highest BCUT2D eigenvalue weighted by molar-refractivity contribution is 5.84. The molecule has 0 saturated heterocycles. The molecule has 0 fully saturated rings. The minimum Gasteiger partial charge on any atom is -0.481 e. The molecule has 0 saturated carbocycles. The Hall–Kier alpha value is -1.59. The summed E-state index contributed by atoms with van der Waals surface area (Å²) >= 11 is 0. The number of carboxylic acids is 1. The van der Waals surface area contributed by atoms with Crippen LogP contribution in [-0.4, -0.2) is 34.2 Å². The van der Waals surface area contributed by atoms with Crippen LogP contribution in [0.3, 0.4) is 0 Å². The first-order chi connectivity index (χ1) is 8.80. The molecule has 0 radical (unpaired) electrons. The van der Waals surface area contributed by atoms with Crippen LogP contribution in [0.25, 0.3) is 0 Å². The Balaban J connectivity index is 4.77. The Morgan fingerprint density at radius 1 is 0.900 bits per heavy atom. The van der Waals surface area contributed by atoms with Gasteiger partial charge in [0, 0.05) is 0 Å². The molecule has 6 heteroatoms. The molecule has 6 nitrogen and oxygen atoms in total. The highest BCUT2D eigenvalue weighted by atomic mass is 16.6. The molecule has 1 atom stereocenters. The number of carbonyl (C=O) groups excluding carboxylic acids is 2. The average Bonchev–Trinajstić information content (AvgIpc) is 2.09. The van der Waals surface area contributed by atoms with Crippen molar-refractivity contribution in [1.29, 1.82) is 0 Å². The topological polar surface area (TPSA) is 89.9 Å². The summed E-state index contributed by atoms with van der Waals surface area (Å²) in [5.74, 6) is -3.52. The second-order valence-corrected chi connectivity index (χ2v) is 6.62. The van der Waals surface area contributed by atoms with E-state index in [-0.39, 0.29) is 6.42 Å². The minimum absolute atomic E-state index is 0.307. The fraction of sp³-hybridized carbons (Fsp3) is 0.786. The van der Waals surface area contributed by atoms with E-state index >= 15 is 0 Å². The predicted molar refractivity (Wildman–Crippen MR) is 72.0 cm³/mol. The Morgan fingerprint density at radius 3 is 1.70 bits per heavy atom. The predicted octanol–water partition coefficient (Wildman–Crippen LogP) is 2.15. The number of aliphatic carboxylic acids is 1. The van der Waals surface area contributed by atoms with Crippen LogP contribution >= 0.6 is 0 Å². The van der Waals surface area contributed by atoms with Gasteiger partial charge in [0.15, 0.2) is 0 Å². The Bertz CT molecular complexity index is 372. The van der Waals surface area contributed by atoms with E-state index in [1.165, 1.54) is 0 Å². The highest BCUT2D eigenvalue weighted by Crippen LogP contribution is 2.19. The lowest BCUT2D eigenvalue weighted by Gasteiger charge is -2.24. The number of carboxylic acid groups (broad SMARTS) is 1. The lowest BCUT2D eigenvalue weighted by molar-refractivity contribution is -0.169. The molecule has 0 aromatic rings. The van der Waals surface area contributed by atoms with Gasteiger partial charge in [-0.2, -0.15) is 0 Å². The van der Waals surface area contributed by atoms with Crippen LogP contribution in [0.5, 0.6) is 0 Å². The zero-order chi connectivity index (χ0) is 16.1. The molecule has 0 spiro atoms. The average molecular weight is 288 g/mol. The van der Waals surface area contributed by atoms with Gasteiger partial charge in [0.2, 0.25) is 0 Å². The summed E-state index contributed by atoms with van der Waals surface area (Å²) in [6.45, 7) is 10.1. The second kappa shape index (κ2) is 6.72. The number of carbonyl (C=O) groups is 3. The SMILES string of the molecule is CC(C)(C)OC(=O)CC(CC(=O)O)C(=O)OC(C)(C)C. The molecule has 0 aliphatic rings. The Kier molecular flexibility index (Phi) is 6.19. The molecule has 20 heavy (non-hydrogen) atoms. The molecule has 0 bridgehead atoms. The monoisotopic (exact) mass is 288 g/mol. The maximum atomic E-state index is 11.9. The molecular formula is C14H24O6. The first-order valence-corrected chi connectivity index (χ1v) is 6.46. The summed E-state index contributed by atoms with van der Waals surface area (Å²) in [6, 6.07) is 0. The van der Waals surface area contributed by atoms with Gasteiger partial charge in [0.05, 0.1) is 18.8 Å². The minimum atomic E-state index is -1.16. The standard InChI is InChI=1S/C14H24O6/c1-13(2,3)19-11(17)8-9(7-10(15)16)12(18)20-14(4,5)6/h9H,7-8H2,1-6H3,(H,15,16). The third kappa shape index (κ3) is 9.35. The second-order valence-electron chi connectivity index (χ2n) is 6.62. The van der Waals surface area contributed by atoms with Gasteiger partial charge in [-0.3, -0.25) is 14.4 Å². The van der Waals surface area contributed by atoms with Gasteiger partial charge < -0.3 is 14.6 Å². The fourth-order valence-corrected chi connectivity index (χ4v) is 1.42. The van der Waals surface area contributed by atoms with Crippen LogP contribution in [0, 0.1) is 5.92 Å². The van der Waals surface area contributed by atoms with Gasteiger partial charge in [-0.05, 0) is 41.5 Å². The molecule has 0 aliphatic heterocycles. The van der Waals surface area contributed by atoms with Crippen molar-refractivity contribution in [1.82, 2.24) is 0 Å². The lowest BCUT2D eigenvalue weighted by atomic mass is 10.0. The zero-order valence-electron chi connectivity index (χ0n) is 13.0. The Labute approximate surface area is 119 Å². The summed E-state index contributed by atoms with van der Waals surface area (Å²) < 4.78 is 10.2. The molecule has 116 valence electrons. The van der Waals surface area contributed by atoms with Crippen LogP contribution in [0.1, 0.15) is 54.4 Å². The summed E-state index contributed by atoms with van der Waals surface area (Å²) in [5, 5.41) is 8.82. The van der Waals surface area contributed by atoms with Crippen LogP contribution in [0.2, 0.25) is 0 Å². The van der Waals surface area contributed by atoms with Gasteiger partial charge in [-0.25, -0.2) is 0 Å². The number of esters is 2. The molecule has 0 aromatic heterocycles. The maximum absolute atomic E-state index is 11.9. The smallest absolute Gasteiger partial charge is 0.310 e. The molecule has 0 amide bonds. The van der Waals surface area contributed by atoms with Crippen LogP contribution in [0.15, 0.2) is 0 Å². The van der Waals surface area contributed by atoms with E-state index < -0.39 is 41.4 Å². The normalized spacial score (nSPS) is 13.5. The zero-order valence-corrected chi connectivity index (χ0v) is 13.0. The molecule has 0 aliphatic carbocycles. The van der Waals surface area contributed by atoms with Crippen LogP contribution < -0.4 is 0 Å². The quantitative estimate of drug-likeness (QED) is 0.780. The number of hydrogen-bond acceptors (Lipinski definition) is 5. The highest BCUT2D eigenvalue weighted by Gasteiger charge is 2.31. The lowest BCUT2D eigenvalue weighted by Crippen LogP contribution is -2.33. The van der Waals surface area contributed by atoms with E-state index in [2.05, 4.69) is 0 Å². The van der Waals surface area contributed by atoms with Crippen molar-refractivity contribution in [3.05, 3.63) is 0 Å². The third-order valence-corrected chi connectivity index (χ3v) is 1.99. The number of rotatable bonds is 5. The first-order valence-electron chi connectivity index (χ1n) is 6.46. The van der Waals surface area contributed by atoms with Gasteiger partial charge in [0.1, 0.15) is 11.2 Å². The Morgan fingerprint density at radius 2 is 1.35 bits per heavy atom. The van der Waals surface area contributed by atoms with E-state index in [1.54, 1.807) is 41.5 Å². The molecule has 0 rings (SSSR count). The van der Waals surface area contributed by atoms with E-state index in [1.807, 2.05) is 0 Å². The van der Waals surface area contributed by atoms with Crippen molar-refractivity contribution < 1.29 is 29.0 Å². The van der Waals surface area contributed by atoms with Crippen molar-refractivity contribution in [3.8, 4) is 0 Å². The maximum Gasteiger partial charge on any atom is 0.310 e. The molecular weight excluding hydrogens is 264 g/mol. The van der Waals surface area contributed by atoms with Crippen molar-refractivity contribution in [3.63, 3.8) is 0 Å².